The van der Waals surface area contributed by atoms with E-state index in [1.807, 2.05) is 36.5 Å². The molecule has 2 aromatic heterocycles. The normalized spacial score (nSPS) is 15.7. The Morgan fingerprint density at radius 3 is 2.62 bits per heavy atom. The van der Waals surface area contributed by atoms with Crippen LogP contribution in [0.3, 0.4) is 0 Å². The number of fused-ring (bicyclic) bond motifs is 1. The quantitative estimate of drug-likeness (QED) is 0.182. The molecule has 1 saturated carbocycles. The van der Waals surface area contributed by atoms with Gasteiger partial charge in [-0.15, -0.1) is 0 Å². The standard InChI is InChI=1S/C33H34ClFN6O4/c1-21(43)33-27-15-22(23-6-10-30(37-17-23)39-11-13-45-14-12-39)5-9-29(27)40(38-33)19-31(44)41(25-7-8-25)26(20-42)18-36-16-24-3-2-4-28(34)32(24)35/h2-6,9-10,15,17,20,25-26,36H,7-8,11-14,16,18-19H2,1H3. The van der Waals surface area contributed by atoms with Crippen molar-refractivity contribution in [3.63, 3.8) is 0 Å². The van der Waals surface area contributed by atoms with Crippen molar-refractivity contribution in [2.75, 3.05) is 37.7 Å². The van der Waals surface area contributed by atoms with Crippen LogP contribution < -0.4 is 10.2 Å². The monoisotopic (exact) mass is 632 g/mol. The summed E-state index contributed by atoms with van der Waals surface area (Å²) in [5.41, 5.74) is 3.06. The van der Waals surface area contributed by atoms with Gasteiger partial charge in [0.1, 0.15) is 36.2 Å². The molecule has 2 fully saturated rings. The van der Waals surface area contributed by atoms with Crippen molar-refractivity contribution in [1.82, 2.24) is 25.0 Å². The summed E-state index contributed by atoms with van der Waals surface area (Å²) >= 11 is 5.89. The van der Waals surface area contributed by atoms with Gasteiger partial charge in [-0.25, -0.2) is 9.37 Å². The molecule has 0 radical (unpaired) electrons. The number of aldehydes is 1. The number of nitrogens with zero attached hydrogens (tertiary/aromatic N) is 5. The van der Waals surface area contributed by atoms with E-state index in [-0.39, 0.29) is 48.1 Å². The van der Waals surface area contributed by atoms with Crippen LogP contribution in [-0.4, -0.2) is 82.6 Å². The van der Waals surface area contributed by atoms with E-state index in [9.17, 15) is 18.8 Å². The summed E-state index contributed by atoms with van der Waals surface area (Å²) in [5, 5.41) is 8.29. The number of benzene rings is 2. The van der Waals surface area contributed by atoms with E-state index in [1.165, 1.54) is 17.7 Å². The molecule has 1 aliphatic carbocycles. The largest absolute Gasteiger partial charge is 0.378 e. The fourth-order valence-corrected chi connectivity index (χ4v) is 5.94. The smallest absolute Gasteiger partial charge is 0.245 e. The number of amides is 1. The van der Waals surface area contributed by atoms with Gasteiger partial charge in [-0.3, -0.25) is 14.3 Å². The second kappa shape index (κ2) is 13.4. The highest BCUT2D eigenvalue weighted by Crippen LogP contribution is 2.31. The Bertz CT molecular complexity index is 1720. The number of rotatable bonds is 12. The Hall–Kier alpha value is -4.19. The van der Waals surface area contributed by atoms with Gasteiger partial charge >= 0.3 is 0 Å². The summed E-state index contributed by atoms with van der Waals surface area (Å²) in [6.07, 6.45) is 4.14. The molecule has 10 nitrogen and oxygen atoms in total. The Morgan fingerprint density at radius 1 is 1.16 bits per heavy atom. The first-order chi connectivity index (χ1) is 21.8. The zero-order chi connectivity index (χ0) is 31.5. The van der Waals surface area contributed by atoms with E-state index in [1.54, 1.807) is 17.0 Å². The number of hydrogen-bond donors (Lipinski definition) is 1. The van der Waals surface area contributed by atoms with Crippen molar-refractivity contribution in [2.45, 2.75) is 44.9 Å². The molecule has 4 aromatic rings. The molecule has 1 saturated heterocycles. The molecular weight excluding hydrogens is 599 g/mol. The maximum atomic E-state index is 14.3. The second-order valence-corrected chi connectivity index (χ2v) is 11.8. The zero-order valence-electron chi connectivity index (χ0n) is 24.9. The van der Waals surface area contributed by atoms with Crippen molar-refractivity contribution in [1.29, 1.82) is 0 Å². The van der Waals surface area contributed by atoms with E-state index in [4.69, 9.17) is 16.3 Å². The van der Waals surface area contributed by atoms with E-state index in [0.717, 1.165) is 49.2 Å². The molecule has 1 unspecified atom stereocenters. The van der Waals surface area contributed by atoms with E-state index < -0.39 is 11.9 Å². The molecule has 1 N–H and O–H groups in total. The number of aromatic nitrogens is 3. The van der Waals surface area contributed by atoms with Crippen molar-refractivity contribution in [2.24, 2.45) is 0 Å². The summed E-state index contributed by atoms with van der Waals surface area (Å²) in [7, 11) is 0. The number of ether oxygens (including phenoxy) is 1. The lowest BCUT2D eigenvalue weighted by molar-refractivity contribution is -0.137. The lowest BCUT2D eigenvalue weighted by Crippen LogP contribution is -2.49. The van der Waals surface area contributed by atoms with Crippen LogP contribution in [0.5, 0.6) is 0 Å². The number of ketones is 1. The van der Waals surface area contributed by atoms with Crippen LogP contribution in [0, 0.1) is 5.82 Å². The van der Waals surface area contributed by atoms with Gasteiger partial charge in [-0.05, 0) is 48.7 Å². The highest BCUT2D eigenvalue weighted by molar-refractivity contribution is 6.30. The number of nitrogens with one attached hydrogen (secondary N) is 1. The van der Waals surface area contributed by atoms with Crippen molar-refractivity contribution < 1.29 is 23.5 Å². The Kier molecular flexibility index (Phi) is 9.20. The minimum Gasteiger partial charge on any atom is -0.378 e. The van der Waals surface area contributed by atoms with E-state index >= 15 is 0 Å². The van der Waals surface area contributed by atoms with Crippen LogP contribution in [0.4, 0.5) is 10.2 Å². The summed E-state index contributed by atoms with van der Waals surface area (Å²) in [4.78, 5) is 46.9. The predicted octanol–water partition coefficient (Wildman–Crippen LogP) is 4.28. The average molecular weight is 633 g/mol. The summed E-state index contributed by atoms with van der Waals surface area (Å²) in [5.74, 6) is -0.122. The zero-order valence-corrected chi connectivity index (χ0v) is 25.7. The second-order valence-electron chi connectivity index (χ2n) is 11.4. The van der Waals surface area contributed by atoms with E-state index in [0.29, 0.717) is 29.7 Å². The molecule has 6 rings (SSSR count). The van der Waals surface area contributed by atoms with Gasteiger partial charge in [0.2, 0.25) is 5.91 Å². The third kappa shape index (κ3) is 6.75. The molecule has 1 atom stereocenters. The molecule has 2 aromatic carbocycles. The van der Waals surface area contributed by atoms with Gasteiger partial charge in [0.05, 0.1) is 23.8 Å². The van der Waals surface area contributed by atoms with Crippen LogP contribution >= 0.6 is 11.6 Å². The van der Waals surface area contributed by atoms with Gasteiger partial charge in [-0.2, -0.15) is 5.10 Å². The van der Waals surface area contributed by atoms with Crippen LogP contribution in [-0.2, 0) is 27.4 Å². The van der Waals surface area contributed by atoms with Crippen LogP contribution in [0.2, 0.25) is 5.02 Å². The molecule has 45 heavy (non-hydrogen) atoms. The highest BCUT2D eigenvalue weighted by Gasteiger charge is 2.37. The number of carbonyl (C=O) groups is 3. The molecule has 234 valence electrons. The van der Waals surface area contributed by atoms with Crippen LogP contribution in [0.1, 0.15) is 35.8 Å². The fourth-order valence-electron chi connectivity index (χ4n) is 5.75. The maximum absolute atomic E-state index is 14.3. The first kappa shape index (κ1) is 30.8. The highest BCUT2D eigenvalue weighted by atomic mass is 35.5. The van der Waals surface area contributed by atoms with Gasteiger partial charge in [-0.1, -0.05) is 29.8 Å². The third-order valence-electron chi connectivity index (χ3n) is 8.23. The van der Waals surface area contributed by atoms with E-state index in [2.05, 4.69) is 20.3 Å². The van der Waals surface area contributed by atoms with Crippen LogP contribution in [0.15, 0.2) is 54.7 Å². The molecular formula is C33H34ClFN6O4. The molecule has 12 heteroatoms. The number of morpholine rings is 1. The van der Waals surface area contributed by atoms with Crippen LogP contribution in [0.25, 0.3) is 22.0 Å². The predicted molar refractivity (Wildman–Crippen MR) is 169 cm³/mol. The van der Waals surface area contributed by atoms with Gasteiger partial charge in [0.15, 0.2) is 5.78 Å². The number of carbonyl (C=O) groups excluding carboxylic acids is 3. The minimum absolute atomic E-state index is 0.0258. The van der Waals surface area contributed by atoms with Crippen molar-refractivity contribution >= 4 is 46.3 Å². The summed E-state index contributed by atoms with van der Waals surface area (Å²) in [6, 6.07) is 13.6. The number of Topliss-reactive ketones (excluding diaryl/α,β-unsaturated/α-hetero) is 1. The lowest BCUT2D eigenvalue weighted by atomic mass is 10.0. The molecule has 0 spiro atoms. The third-order valence-corrected chi connectivity index (χ3v) is 8.52. The molecule has 0 bridgehead atoms. The number of pyridine rings is 1. The van der Waals surface area contributed by atoms with Gasteiger partial charge < -0.3 is 24.6 Å². The topological polar surface area (TPSA) is 110 Å². The SMILES string of the molecule is CC(=O)c1nn(CC(=O)N(C(C=O)CNCc2cccc(Cl)c2F)C2CC2)c2ccc(-c3ccc(N4CCOCC4)nc3)cc12. The van der Waals surface area contributed by atoms with Crippen molar-refractivity contribution in [3.8, 4) is 11.1 Å². The van der Waals surface area contributed by atoms with Gasteiger partial charge in [0, 0.05) is 61.9 Å². The summed E-state index contributed by atoms with van der Waals surface area (Å²) in [6.45, 7) is 4.57. The molecule has 1 aliphatic heterocycles. The first-order valence-electron chi connectivity index (χ1n) is 15.0. The number of halogens is 2. The Morgan fingerprint density at radius 2 is 1.93 bits per heavy atom. The number of hydrogen-bond acceptors (Lipinski definition) is 8. The fraction of sp³-hybridized carbons (Fsp3) is 0.364. The Balaban J connectivity index is 1.20. The lowest BCUT2D eigenvalue weighted by Gasteiger charge is -2.29. The molecule has 2 aliphatic rings. The minimum atomic E-state index is -0.749. The average Bonchev–Trinajstić information content (AvgIpc) is 3.83. The van der Waals surface area contributed by atoms with Crippen molar-refractivity contribution in [3.05, 3.63) is 76.8 Å². The first-order valence-corrected chi connectivity index (χ1v) is 15.4. The van der Waals surface area contributed by atoms with Gasteiger partial charge in [0.25, 0.3) is 0 Å². The molecule has 1 amide bonds. The number of anilines is 1. The maximum Gasteiger partial charge on any atom is 0.245 e. The molecule has 3 heterocycles. The Labute approximate surface area is 265 Å². The summed E-state index contributed by atoms with van der Waals surface area (Å²) < 4.78 is 21.3.